The van der Waals surface area contributed by atoms with Crippen LogP contribution in [0.5, 0.6) is 0 Å². The number of fused-ring (bicyclic) bond motifs is 1. The summed E-state index contributed by atoms with van der Waals surface area (Å²) in [4.78, 5) is 45.6. The molecule has 174 valence electrons. The Balaban J connectivity index is 1.73. The largest absolute Gasteiger partial charge is 0.416 e. The van der Waals surface area contributed by atoms with E-state index in [0.29, 0.717) is 31.7 Å². The summed E-state index contributed by atoms with van der Waals surface area (Å²) in [5, 5.41) is 2.59. The van der Waals surface area contributed by atoms with Crippen LogP contribution < -0.4 is 21.5 Å². The van der Waals surface area contributed by atoms with Crippen molar-refractivity contribution in [3.63, 3.8) is 0 Å². The van der Waals surface area contributed by atoms with Crippen molar-refractivity contribution in [3.05, 3.63) is 62.4 Å². The number of nitrogens with zero attached hydrogens (tertiary/aromatic N) is 3. The Morgan fingerprint density at radius 1 is 1.18 bits per heavy atom. The van der Waals surface area contributed by atoms with E-state index < -0.39 is 28.9 Å². The number of hydrogen-bond acceptors (Lipinski definition) is 5. The van der Waals surface area contributed by atoms with Gasteiger partial charge in [-0.05, 0) is 43.5 Å². The number of aromatic nitrogens is 3. The molecule has 2 aromatic heterocycles. The van der Waals surface area contributed by atoms with Crippen LogP contribution in [0.3, 0.4) is 0 Å². The number of carbonyl (C=O) groups is 1. The molecule has 3 heterocycles. The standard InChI is InChI=1S/C22H22F3N5O3/c1-2-7-30-18-15(20(32)28-21(30)33)10-13(12-26-18)19(31)27-16-11-14(22(23,24)25)5-6-17(16)29-8-3-4-9-29/h5-6,10-12H,2-4,7-9H2,1H3,(H,27,31)(H,28,32,33). The minimum absolute atomic E-state index is 0.0144. The van der Waals surface area contributed by atoms with Gasteiger partial charge in [0.25, 0.3) is 11.5 Å². The van der Waals surface area contributed by atoms with Gasteiger partial charge in [0, 0.05) is 25.8 Å². The number of amides is 1. The van der Waals surface area contributed by atoms with Gasteiger partial charge in [0.1, 0.15) is 5.65 Å². The molecule has 0 spiro atoms. The van der Waals surface area contributed by atoms with Gasteiger partial charge in [-0.15, -0.1) is 0 Å². The van der Waals surface area contributed by atoms with Gasteiger partial charge in [-0.3, -0.25) is 19.1 Å². The van der Waals surface area contributed by atoms with E-state index in [0.717, 1.165) is 25.0 Å². The van der Waals surface area contributed by atoms with E-state index in [1.54, 1.807) is 0 Å². The maximum Gasteiger partial charge on any atom is 0.416 e. The summed E-state index contributed by atoms with van der Waals surface area (Å²) in [7, 11) is 0. The Kier molecular flexibility index (Phi) is 5.96. The number of H-pyrrole nitrogens is 1. The highest BCUT2D eigenvalue weighted by Gasteiger charge is 2.32. The third-order valence-electron chi connectivity index (χ3n) is 5.56. The lowest BCUT2D eigenvalue weighted by Crippen LogP contribution is -2.31. The van der Waals surface area contributed by atoms with Crippen molar-refractivity contribution < 1.29 is 18.0 Å². The Hall–Kier alpha value is -3.63. The van der Waals surface area contributed by atoms with E-state index in [9.17, 15) is 27.6 Å². The van der Waals surface area contributed by atoms with E-state index in [-0.39, 0.29) is 22.3 Å². The SMILES string of the molecule is CCCn1c(=O)[nH]c(=O)c2cc(C(=O)Nc3cc(C(F)(F)F)ccc3N3CCCC3)cnc21. The van der Waals surface area contributed by atoms with Crippen LogP contribution in [0.4, 0.5) is 24.5 Å². The molecule has 0 unspecified atom stereocenters. The molecule has 0 saturated carbocycles. The maximum absolute atomic E-state index is 13.3. The van der Waals surface area contributed by atoms with Gasteiger partial charge < -0.3 is 10.2 Å². The second-order valence-electron chi connectivity index (χ2n) is 7.88. The summed E-state index contributed by atoms with van der Waals surface area (Å²) in [6.07, 6.45) is -0.925. The van der Waals surface area contributed by atoms with Gasteiger partial charge in [0.2, 0.25) is 0 Å². The van der Waals surface area contributed by atoms with E-state index >= 15 is 0 Å². The van der Waals surface area contributed by atoms with Crippen LogP contribution in [0.15, 0.2) is 40.1 Å². The molecular formula is C22H22F3N5O3. The first-order chi connectivity index (χ1) is 15.7. The fourth-order valence-electron chi connectivity index (χ4n) is 3.96. The summed E-state index contributed by atoms with van der Waals surface area (Å²) in [5.74, 6) is -0.711. The molecule has 1 aliphatic rings. The highest BCUT2D eigenvalue weighted by molar-refractivity contribution is 6.07. The first-order valence-electron chi connectivity index (χ1n) is 10.6. The average molecular weight is 461 g/mol. The molecule has 33 heavy (non-hydrogen) atoms. The Morgan fingerprint density at radius 2 is 1.91 bits per heavy atom. The minimum atomic E-state index is -4.57. The molecule has 11 heteroatoms. The summed E-state index contributed by atoms with van der Waals surface area (Å²) >= 11 is 0. The molecule has 3 aromatic rings. The molecule has 0 atom stereocenters. The molecule has 4 rings (SSSR count). The van der Waals surface area contributed by atoms with Gasteiger partial charge in [-0.25, -0.2) is 9.78 Å². The van der Waals surface area contributed by atoms with Crippen molar-refractivity contribution in [1.82, 2.24) is 14.5 Å². The predicted octanol–water partition coefficient (Wildman–Crippen LogP) is 3.37. The van der Waals surface area contributed by atoms with Crippen LogP contribution >= 0.6 is 0 Å². The zero-order valence-corrected chi connectivity index (χ0v) is 17.8. The number of halogens is 3. The minimum Gasteiger partial charge on any atom is -0.370 e. The van der Waals surface area contributed by atoms with Crippen molar-refractivity contribution in [2.45, 2.75) is 38.9 Å². The molecule has 1 fully saturated rings. The molecule has 1 aromatic carbocycles. The van der Waals surface area contributed by atoms with Crippen molar-refractivity contribution in [2.24, 2.45) is 0 Å². The topological polar surface area (TPSA) is 100 Å². The zero-order chi connectivity index (χ0) is 23.8. The Bertz CT molecular complexity index is 1320. The number of aromatic amines is 1. The molecule has 0 aliphatic carbocycles. The van der Waals surface area contributed by atoms with Gasteiger partial charge in [0.15, 0.2) is 0 Å². The lowest BCUT2D eigenvalue weighted by atomic mass is 10.1. The number of pyridine rings is 1. The van der Waals surface area contributed by atoms with Crippen molar-refractivity contribution in [3.8, 4) is 0 Å². The van der Waals surface area contributed by atoms with E-state index in [4.69, 9.17) is 0 Å². The summed E-state index contributed by atoms with van der Waals surface area (Å²) < 4.78 is 41.2. The second-order valence-corrected chi connectivity index (χ2v) is 7.88. The monoisotopic (exact) mass is 461 g/mol. The quantitative estimate of drug-likeness (QED) is 0.607. The summed E-state index contributed by atoms with van der Waals surface area (Å²) in [5.41, 5.74) is -1.52. The lowest BCUT2D eigenvalue weighted by molar-refractivity contribution is -0.137. The number of rotatable bonds is 5. The Labute approximate surface area is 186 Å². The fraction of sp³-hybridized carbons (Fsp3) is 0.364. The second kappa shape index (κ2) is 8.72. The first-order valence-corrected chi connectivity index (χ1v) is 10.6. The normalized spacial score (nSPS) is 14.1. The van der Waals surface area contributed by atoms with E-state index in [2.05, 4.69) is 15.3 Å². The van der Waals surface area contributed by atoms with Crippen LogP contribution in [0, 0.1) is 0 Å². The van der Waals surface area contributed by atoms with Gasteiger partial charge in [0.05, 0.1) is 27.9 Å². The maximum atomic E-state index is 13.3. The first kappa shape index (κ1) is 22.6. The molecular weight excluding hydrogens is 439 g/mol. The lowest BCUT2D eigenvalue weighted by Gasteiger charge is -2.23. The van der Waals surface area contributed by atoms with E-state index in [1.165, 1.54) is 22.9 Å². The van der Waals surface area contributed by atoms with Crippen molar-refractivity contribution in [1.29, 1.82) is 0 Å². The third-order valence-corrected chi connectivity index (χ3v) is 5.56. The number of alkyl halides is 3. The molecule has 0 radical (unpaired) electrons. The third kappa shape index (κ3) is 4.48. The summed E-state index contributed by atoms with van der Waals surface area (Å²) in [6, 6.07) is 4.54. The molecule has 1 saturated heterocycles. The van der Waals surface area contributed by atoms with Gasteiger partial charge in [-0.2, -0.15) is 13.2 Å². The number of hydrogen-bond donors (Lipinski definition) is 2. The highest BCUT2D eigenvalue weighted by atomic mass is 19.4. The van der Waals surface area contributed by atoms with Gasteiger partial charge in [-0.1, -0.05) is 6.92 Å². The van der Waals surface area contributed by atoms with Crippen LogP contribution in [0.25, 0.3) is 11.0 Å². The summed E-state index contributed by atoms with van der Waals surface area (Å²) in [6.45, 7) is 3.54. The predicted molar refractivity (Wildman–Crippen MR) is 118 cm³/mol. The Morgan fingerprint density at radius 3 is 2.58 bits per heavy atom. The van der Waals surface area contributed by atoms with Crippen LogP contribution in [-0.2, 0) is 12.7 Å². The molecule has 0 bridgehead atoms. The molecule has 1 aliphatic heterocycles. The number of benzene rings is 1. The number of nitrogens with one attached hydrogen (secondary N) is 2. The zero-order valence-electron chi connectivity index (χ0n) is 17.8. The average Bonchev–Trinajstić information content (AvgIpc) is 3.30. The smallest absolute Gasteiger partial charge is 0.370 e. The number of anilines is 2. The highest BCUT2D eigenvalue weighted by Crippen LogP contribution is 2.36. The van der Waals surface area contributed by atoms with Crippen LogP contribution in [0.2, 0.25) is 0 Å². The van der Waals surface area contributed by atoms with Crippen molar-refractivity contribution in [2.75, 3.05) is 23.3 Å². The van der Waals surface area contributed by atoms with E-state index in [1.807, 2.05) is 11.8 Å². The number of carbonyl (C=O) groups excluding carboxylic acids is 1. The van der Waals surface area contributed by atoms with Gasteiger partial charge >= 0.3 is 11.9 Å². The fourth-order valence-corrected chi connectivity index (χ4v) is 3.96. The van der Waals surface area contributed by atoms with Crippen molar-refractivity contribution >= 4 is 28.3 Å². The molecule has 8 nitrogen and oxygen atoms in total. The molecule has 1 amide bonds. The van der Waals surface area contributed by atoms with Crippen LogP contribution in [-0.4, -0.2) is 33.5 Å². The number of aryl methyl sites for hydroxylation is 1. The molecule has 2 N–H and O–H groups in total. The van der Waals surface area contributed by atoms with Crippen LogP contribution in [0.1, 0.15) is 42.1 Å².